The molecule has 3 heterocycles. The Kier molecular flexibility index (Phi) is 3.99. The summed E-state index contributed by atoms with van der Waals surface area (Å²) >= 11 is 1.47. The van der Waals surface area contributed by atoms with Gasteiger partial charge in [-0.25, -0.2) is 14.5 Å². The number of H-pyrrole nitrogens is 1. The summed E-state index contributed by atoms with van der Waals surface area (Å²) in [5, 5.41) is 3.82. The highest BCUT2D eigenvalue weighted by Gasteiger charge is 2.21. The van der Waals surface area contributed by atoms with Crippen molar-refractivity contribution in [3.63, 3.8) is 0 Å². The second-order valence-corrected chi connectivity index (χ2v) is 7.87. The number of thiazole rings is 1. The number of para-hydroxylation sites is 1. The second kappa shape index (κ2) is 6.56. The third kappa shape index (κ3) is 2.66. The van der Waals surface area contributed by atoms with Gasteiger partial charge >= 0.3 is 0 Å². The Bertz CT molecular complexity index is 1430. The predicted molar refractivity (Wildman–Crippen MR) is 116 cm³/mol. The number of hydrogen-bond donors (Lipinski definition) is 1. The van der Waals surface area contributed by atoms with Crippen molar-refractivity contribution in [3.05, 3.63) is 70.3 Å². The molecule has 0 bridgehead atoms. The quantitative estimate of drug-likeness (QED) is 0.479. The molecule has 0 radical (unpaired) electrons. The molecule has 5 rings (SSSR count). The number of nitrogens with zero attached hydrogens (tertiary/aromatic N) is 3. The van der Waals surface area contributed by atoms with E-state index in [9.17, 15) is 4.79 Å². The van der Waals surface area contributed by atoms with E-state index in [1.54, 1.807) is 7.11 Å². The molecule has 2 aromatic carbocycles. The number of aromatic amines is 1. The molecule has 0 aliphatic heterocycles. The van der Waals surface area contributed by atoms with Crippen LogP contribution in [0.2, 0.25) is 0 Å². The molecule has 1 N–H and O–H groups in total. The van der Waals surface area contributed by atoms with Crippen LogP contribution in [0.5, 0.6) is 5.75 Å². The summed E-state index contributed by atoms with van der Waals surface area (Å²) in [7, 11) is 1.62. The molecule has 0 atom stereocenters. The minimum absolute atomic E-state index is 0.157. The van der Waals surface area contributed by atoms with Crippen LogP contribution in [-0.2, 0) is 0 Å². The monoisotopic (exact) mass is 402 g/mol. The van der Waals surface area contributed by atoms with Crippen LogP contribution in [0.1, 0.15) is 11.4 Å². The first-order valence-corrected chi connectivity index (χ1v) is 10.0. The summed E-state index contributed by atoms with van der Waals surface area (Å²) in [4.78, 5) is 22.9. The maximum absolute atomic E-state index is 13.4. The fourth-order valence-electron chi connectivity index (χ4n) is 3.68. The van der Waals surface area contributed by atoms with Gasteiger partial charge in [-0.15, -0.1) is 11.3 Å². The number of fused-ring (bicyclic) bond motifs is 2. The molecule has 5 aromatic rings. The predicted octanol–water partition coefficient (Wildman–Crippen LogP) is 4.59. The van der Waals surface area contributed by atoms with Gasteiger partial charge in [-0.3, -0.25) is 9.89 Å². The zero-order valence-corrected chi connectivity index (χ0v) is 17.0. The fraction of sp³-hybridized carbons (Fsp3) is 0.136. The number of nitrogens with one attached hydrogen (secondary N) is 1. The van der Waals surface area contributed by atoms with Gasteiger partial charge in [0.2, 0.25) is 0 Å². The molecular weight excluding hydrogens is 384 g/mol. The van der Waals surface area contributed by atoms with Gasteiger partial charge in [0.1, 0.15) is 16.3 Å². The normalized spacial score (nSPS) is 11.4. The van der Waals surface area contributed by atoms with E-state index < -0.39 is 0 Å². The van der Waals surface area contributed by atoms with Gasteiger partial charge in [0.15, 0.2) is 5.65 Å². The van der Waals surface area contributed by atoms with Crippen LogP contribution in [0.3, 0.4) is 0 Å². The van der Waals surface area contributed by atoms with Crippen molar-refractivity contribution in [1.82, 2.24) is 19.6 Å². The van der Waals surface area contributed by atoms with Crippen LogP contribution in [0.15, 0.2) is 53.3 Å². The van der Waals surface area contributed by atoms with Gasteiger partial charge in [-0.05, 0) is 31.5 Å². The third-order valence-corrected chi connectivity index (χ3v) is 6.06. The van der Waals surface area contributed by atoms with Crippen molar-refractivity contribution in [3.8, 4) is 27.4 Å². The van der Waals surface area contributed by atoms with Gasteiger partial charge in [-0.2, -0.15) is 0 Å². The standard InChI is InChI=1S/C22H18N4O2S/c1-12-18(21-24-19-15(28-3)10-7-11-16(19)29-21)22(27)26-20(23-12)17(13(2)25-26)14-8-5-4-6-9-14/h4-11,25H,1-3H3. The molecule has 0 spiro atoms. The van der Waals surface area contributed by atoms with Gasteiger partial charge < -0.3 is 4.74 Å². The molecule has 3 aromatic heterocycles. The molecule has 144 valence electrons. The molecule has 0 aliphatic carbocycles. The molecule has 0 saturated heterocycles. The maximum Gasteiger partial charge on any atom is 0.283 e. The Morgan fingerprint density at radius 1 is 1.00 bits per heavy atom. The van der Waals surface area contributed by atoms with Crippen molar-refractivity contribution >= 4 is 27.2 Å². The summed E-state index contributed by atoms with van der Waals surface area (Å²) in [6.07, 6.45) is 0. The molecule has 29 heavy (non-hydrogen) atoms. The lowest BCUT2D eigenvalue weighted by Gasteiger charge is -2.04. The van der Waals surface area contributed by atoms with Gasteiger partial charge in [-0.1, -0.05) is 36.4 Å². The molecule has 0 fully saturated rings. The van der Waals surface area contributed by atoms with E-state index in [2.05, 4.69) is 5.10 Å². The molecule has 7 heteroatoms. The van der Waals surface area contributed by atoms with Gasteiger partial charge in [0.05, 0.1) is 23.1 Å². The summed E-state index contributed by atoms with van der Waals surface area (Å²) in [5.41, 5.74) is 5.23. The van der Waals surface area contributed by atoms with E-state index in [1.807, 2.05) is 62.4 Å². The number of rotatable bonds is 3. The first-order valence-electron chi connectivity index (χ1n) is 9.19. The van der Waals surface area contributed by atoms with E-state index in [-0.39, 0.29) is 5.56 Å². The summed E-state index contributed by atoms with van der Waals surface area (Å²) in [6.45, 7) is 3.81. The fourth-order valence-corrected chi connectivity index (χ4v) is 4.75. The minimum atomic E-state index is -0.157. The molecule has 0 unspecified atom stereocenters. The Morgan fingerprint density at radius 2 is 1.79 bits per heavy atom. The van der Waals surface area contributed by atoms with E-state index in [0.29, 0.717) is 27.7 Å². The van der Waals surface area contributed by atoms with E-state index in [0.717, 1.165) is 27.0 Å². The first-order chi connectivity index (χ1) is 14.1. The van der Waals surface area contributed by atoms with Crippen molar-refractivity contribution in [2.45, 2.75) is 13.8 Å². The topological polar surface area (TPSA) is 72.3 Å². The van der Waals surface area contributed by atoms with Crippen LogP contribution in [0.25, 0.3) is 37.6 Å². The maximum atomic E-state index is 13.4. The lowest BCUT2D eigenvalue weighted by Crippen LogP contribution is -2.19. The zero-order valence-electron chi connectivity index (χ0n) is 16.2. The number of methoxy groups -OCH3 is 1. The van der Waals surface area contributed by atoms with Crippen LogP contribution in [-0.4, -0.2) is 26.7 Å². The second-order valence-electron chi connectivity index (χ2n) is 6.84. The molecule has 0 aliphatic rings. The van der Waals surface area contributed by atoms with Gasteiger partial charge in [0, 0.05) is 11.3 Å². The Labute approximate surface area is 170 Å². The average molecular weight is 402 g/mol. The summed E-state index contributed by atoms with van der Waals surface area (Å²) < 4.78 is 7.90. The SMILES string of the molecule is COc1cccc2sc(-c3c(C)nc4c(-c5ccccc5)c(C)[nH]n4c3=O)nc12. The lowest BCUT2D eigenvalue weighted by molar-refractivity contribution is 0.419. The number of benzene rings is 2. The van der Waals surface area contributed by atoms with Crippen LogP contribution >= 0.6 is 11.3 Å². The molecule has 6 nitrogen and oxygen atoms in total. The zero-order chi connectivity index (χ0) is 20.1. The van der Waals surface area contributed by atoms with Crippen LogP contribution in [0, 0.1) is 13.8 Å². The highest BCUT2D eigenvalue weighted by Crippen LogP contribution is 2.35. The molecular formula is C22H18N4O2S. The first kappa shape index (κ1) is 17.6. The van der Waals surface area contributed by atoms with Crippen molar-refractivity contribution in [2.75, 3.05) is 7.11 Å². The largest absolute Gasteiger partial charge is 0.494 e. The number of aromatic nitrogens is 4. The summed E-state index contributed by atoms with van der Waals surface area (Å²) in [5.74, 6) is 0.693. The van der Waals surface area contributed by atoms with Gasteiger partial charge in [0.25, 0.3) is 5.56 Å². The molecule has 0 saturated carbocycles. The highest BCUT2D eigenvalue weighted by atomic mass is 32.1. The van der Waals surface area contributed by atoms with Crippen LogP contribution in [0.4, 0.5) is 0 Å². The average Bonchev–Trinajstić information content (AvgIpc) is 3.29. The van der Waals surface area contributed by atoms with E-state index in [1.165, 1.54) is 15.9 Å². The number of aryl methyl sites for hydroxylation is 2. The number of hydrogen-bond acceptors (Lipinski definition) is 5. The van der Waals surface area contributed by atoms with E-state index in [4.69, 9.17) is 14.7 Å². The third-order valence-electron chi connectivity index (χ3n) is 5.02. The minimum Gasteiger partial charge on any atom is -0.494 e. The van der Waals surface area contributed by atoms with Crippen LogP contribution < -0.4 is 10.3 Å². The van der Waals surface area contributed by atoms with Crippen molar-refractivity contribution < 1.29 is 4.74 Å². The highest BCUT2D eigenvalue weighted by molar-refractivity contribution is 7.21. The smallest absolute Gasteiger partial charge is 0.283 e. The Morgan fingerprint density at radius 3 is 2.55 bits per heavy atom. The Balaban J connectivity index is 1.78. The lowest BCUT2D eigenvalue weighted by atomic mass is 10.1. The summed E-state index contributed by atoms with van der Waals surface area (Å²) in [6, 6.07) is 15.7. The molecule has 0 amide bonds. The van der Waals surface area contributed by atoms with Crippen molar-refractivity contribution in [2.24, 2.45) is 0 Å². The van der Waals surface area contributed by atoms with E-state index >= 15 is 0 Å². The van der Waals surface area contributed by atoms with Crippen molar-refractivity contribution in [1.29, 1.82) is 0 Å². The Hall–Kier alpha value is -3.45. The number of ether oxygens (including phenoxy) is 1.